The SMILES string of the molecule is CN1C(C)(C)CC(C(C)(CCCCCCCC(=O)O)C(=O)O)CC1(C)C.CN1C(C)(C)CC(OC(=O)CCCCCCCCC(=O)OC2CC(C)(C)N(C)C(C)(C)C2)CC1(C)C. The third-order valence-electron chi connectivity index (χ3n) is 15.9. The summed E-state index contributed by atoms with van der Waals surface area (Å²) in [7, 11) is 6.47. The molecule has 3 saturated heterocycles. The van der Waals surface area contributed by atoms with E-state index < -0.39 is 17.4 Å². The minimum atomic E-state index is -0.740. The lowest BCUT2D eigenvalue weighted by atomic mass is 9.62. The zero-order chi connectivity index (χ0) is 47.5. The lowest BCUT2D eigenvalue weighted by Crippen LogP contribution is -2.61. The Bertz CT molecular complexity index is 1340. The van der Waals surface area contributed by atoms with E-state index in [0.29, 0.717) is 25.7 Å². The number of piperidine rings is 3. The number of esters is 2. The van der Waals surface area contributed by atoms with Crippen molar-refractivity contribution in [2.75, 3.05) is 21.1 Å². The summed E-state index contributed by atoms with van der Waals surface area (Å²) >= 11 is 0. The highest BCUT2D eigenvalue weighted by molar-refractivity contribution is 5.74. The molecule has 3 aliphatic rings. The number of likely N-dealkylation sites (tertiary alicyclic amines) is 3. The molecule has 1 atom stereocenters. The van der Waals surface area contributed by atoms with Crippen LogP contribution in [0.2, 0.25) is 0 Å². The van der Waals surface area contributed by atoms with Gasteiger partial charge >= 0.3 is 23.9 Å². The molecule has 362 valence electrons. The normalized spacial score (nSPS) is 23.7. The highest BCUT2D eigenvalue weighted by atomic mass is 16.5. The molecule has 3 rings (SSSR count). The van der Waals surface area contributed by atoms with E-state index in [1.165, 1.54) is 0 Å². The molecule has 11 nitrogen and oxygen atoms in total. The van der Waals surface area contributed by atoms with Crippen LogP contribution in [0.15, 0.2) is 0 Å². The van der Waals surface area contributed by atoms with Gasteiger partial charge in [0.1, 0.15) is 12.2 Å². The smallest absolute Gasteiger partial charge is 0.309 e. The fourth-order valence-electron chi connectivity index (χ4n) is 11.1. The molecule has 3 heterocycles. The average Bonchev–Trinajstić information content (AvgIpc) is 3.11. The summed E-state index contributed by atoms with van der Waals surface area (Å²) in [5.41, 5.74) is -0.617. The number of rotatable bonds is 21. The van der Waals surface area contributed by atoms with Gasteiger partial charge in [-0.15, -0.1) is 0 Å². The summed E-state index contributed by atoms with van der Waals surface area (Å²) in [5.74, 6) is -1.37. The Hall–Kier alpha value is -2.24. The minimum absolute atomic E-state index is 0.00474. The zero-order valence-electron chi connectivity index (χ0n) is 42.8. The van der Waals surface area contributed by atoms with E-state index in [1.54, 1.807) is 0 Å². The van der Waals surface area contributed by atoms with Crippen LogP contribution in [0, 0.1) is 11.3 Å². The van der Waals surface area contributed by atoms with Crippen molar-refractivity contribution >= 4 is 23.9 Å². The number of carbonyl (C=O) groups excluding carboxylic acids is 2. The maximum Gasteiger partial charge on any atom is 0.309 e. The molecule has 3 aliphatic heterocycles. The van der Waals surface area contributed by atoms with Gasteiger partial charge < -0.3 is 19.7 Å². The van der Waals surface area contributed by atoms with Crippen LogP contribution < -0.4 is 0 Å². The van der Waals surface area contributed by atoms with Crippen LogP contribution in [0.4, 0.5) is 0 Å². The molecule has 62 heavy (non-hydrogen) atoms. The van der Waals surface area contributed by atoms with E-state index in [9.17, 15) is 24.3 Å². The van der Waals surface area contributed by atoms with Crippen molar-refractivity contribution in [3.05, 3.63) is 0 Å². The number of aliphatic carboxylic acids is 2. The summed E-state index contributed by atoms with van der Waals surface area (Å²) in [6, 6.07) is 0. The third-order valence-corrected chi connectivity index (χ3v) is 15.9. The molecule has 0 aliphatic carbocycles. The molecular formula is C51H95N3O8. The molecule has 0 spiro atoms. The van der Waals surface area contributed by atoms with Gasteiger partial charge in [0.15, 0.2) is 0 Å². The van der Waals surface area contributed by atoms with Gasteiger partial charge in [-0.3, -0.25) is 33.9 Å². The second-order valence-corrected chi connectivity index (χ2v) is 23.7. The molecule has 0 bridgehead atoms. The second-order valence-electron chi connectivity index (χ2n) is 23.7. The van der Waals surface area contributed by atoms with Crippen molar-refractivity contribution < 1.29 is 38.9 Å². The number of ether oxygens (including phenoxy) is 2. The number of carboxylic acid groups (broad SMARTS) is 2. The van der Waals surface area contributed by atoms with Crippen molar-refractivity contribution in [2.24, 2.45) is 11.3 Å². The van der Waals surface area contributed by atoms with Crippen LogP contribution in [0.5, 0.6) is 0 Å². The molecule has 0 aromatic carbocycles. The van der Waals surface area contributed by atoms with Gasteiger partial charge in [-0.1, -0.05) is 51.4 Å². The Kier molecular flexibility index (Phi) is 20.5. The molecule has 0 amide bonds. The van der Waals surface area contributed by atoms with Crippen LogP contribution in [-0.4, -0.2) is 115 Å². The standard InChI is InChI=1S/C30H56N2O4.C21H39NO4/c1-27(2)19-23(20-28(3,4)31(27)9)35-25(33)17-15-13-11-12-14-16-18-26(34)36-24-21-29(5,6)32(10)30(7,8)22-24;1-19(2)14-16(15-20(3,4)22(19)6)21(5,18(25)26)13-11-9-7-8-10-12-17(23)24/h23-24H,11-22H2,1-10H3;16H,7-15H2,1-6H3,(H,23,24)(H,25,26). The molecule has 0 saturated carbocycles. The maximum atomic E-state index is 12.4. The summed E-state index contributed by atoms with van der Waals surface area (Å²) in [6.45, 7) is 28.6. The minimum Gasteiger partial charge on any atom is -0.481 e. The van der Waals surface area contributed by atoms with Crippen LogP contribution in [-0.2, 0) is 28.7 Å². The summed E-state index contributed by atoms with van der Waals surface area (Å²) in [5, 5.41) is 18.7. The fraction of sp³-hybridized carbons (Fsp3) is 0.922. The number of hydrogen-bond donors (Lipinski definition) is 2. The molecule has 11 heteroatoms. The van der Waals surface area contributed by atoms with Crippen molar-refractivity contribution in [1.29, 1.82) is 0 Å². The Morgan fingerprint density at radius 1 is 0.468 bits per heavy atom. The number of nitrogens with zero attached hydrogens (tertiary/aromatic N) is 3. The Morgan fingerprint density at radius 3 is 1.05 bits per heavy atom. The molecular weight excluding hydrogens is 783 g/mol. The number of carboxylic acids is 2. The van der Waals surface area contributed by atoms with Crippen molar-refractivity contribution in [1.82, 2.24) is 14.7 Å². The van der Waals surface area contributed by atoms with E-state index in [4.69, 9.17) is 14.6 Å². The topological polar surface area (TPSA) is 137 Å². The third kappa shape index (κ3) is 16.6. The molecule has 0 aromatic heterocycles. The predicted molar refractivity (Wildman–Crippen MR) is 251 cm³/mol. The maximum absolute atomic E-state index is 12.4. The number of carbonyl (C=O) groups is 4. The summed E-state index contributed by atoms with van der Waals surface area (Å²) in [4.78, 5) is 54.7. The highest BCUT2D eigenvalue weighted by Gasteiger charge is 2.51. The van der Waals surface area contributed by atoms with Crippen LogP contribution in [0.3, 0.4) is 0 Å². The van der Waals surface area contributed by atoms with E-state index in [1.807, 2.05) is 6.92 Å². The first-order chi connectivity index (χ1) is 28.3. The van der Waals surface area contributed by atoms with Gasteiger partial charge in [-0.2, -0.15) is 0 Å². The van der Waals surface area contributed by atoms with Gasteiger partial charge in [0.25, 0.3) is 0 Å². The Morgan fingerprint density at radius 2 is 0.742 bits per heavy atom. The molecule has 0 aromatic rings. The number of hydrogen-bond acceptors (Lipinski definition) is 9. The van der Waals surface area contributed by atoms with Gasteiger partial charge in [-0.05, 0) is 156 Å². The average molecular weight is 878 g/mol. The Balaban J connectivity index is 0.000000451. The lowest BCUT2D eigenvalue weighted by molar-refractivity contribution is -0.160. The van der Waals surface area contributed by atoms with Gasteiger partial charge in [0, 0.05) is 78.2 Å². The monoisotopic (exact) mass is 878 g/mol. The van der Waals surface area contributed by atoms with Gasteiger partial charge in [0.2, 0.25) is 0 Å². The van der Waals surface area contributed by atoms with Crippen LogP contribution in [0.1, 0.15) is 225 Å². The predicted octanol–water partition coefficient (Wildman–Crippen LogP) is 11.3. The fourth-order valence-corrected chi connectivity index (χ4v) is 11.1. The van der Waals surface area contributed by atoms with E-state index in [-0.39, 0.29) is 69.7 Å². The zero-order valence-corrected chi connectivity index (χ0v) is 42.8. The first-order valence-corrected chi connectivity index (χ1v) is 24.4. The largest absolute Gasteiger partial charge is 0.481 e. The van der Waals surface area contributed by atoms with E-state index >= 15 is 0 Å². The summed E-state index contributed by atoms with van der Waals surface area (Å²) in [6.07, 6.45) is 17.7. The molecule has 0 radical (unpaired) electrons. The first kappa shape index (κ1) is 55.9. The van der Waals surface area contributed by atoms with Crippen LogP contribution in [0.25, 0.3) is 0 Å². The van der Waals surface area contributed by atoms with Crippen molar-refractivity contribution in [3.63, 3.8) is 0 Å². The quantitative estimate of drug-likeness (QED) is 0.0842. The van der Waals surface area contributed by atoms with Crippen LogP contribution >= 0.6 is 0 Å². The molecule has 2 N–H and O–H groups in total. The molecule has 3 fully saturated rings. The van der Waals surface area contributed by atoms with Gasteiger partial charge in [-0.25, -0.2) is 0 Å². The Labute approximate surface area is 379 Å². The first-order valence-electron chi connectivity index (χ1n) is 24.4. The van der Waals surface area contributed by atoms with Crippen molar-refractivity contribution in [3.8, 4) is 0 Å². The number of unbranched alkanes of at least 4 members (excludes halogenated alkanes) is 9. The van der Waals surface area contributed by atoms with Gasteiger partial charge in [0.05, 0.1) is 5.41 Å². The van der Waals surface area contributed by atoms with E-state index in [2.05, 4.69) is 119 Å². The lowest BCUT2D eigenvalue weighted by Gasteiger charge is -2.56. The van der Waals surface area contributed by atoms with E-state index in [0.717, 1.165) is 103 Å². The second kappa shape index (κ2) is 22.8. The summed E-state index contributed by atoms with van der Waals surface area (Å²) < 4.78 is 11.7. The highest BCUT2D eigenvalue weighted by Crippen LogP contribution is 2.49. The molecule has 1 unspecified atom stereocenters. The van der Waals surface area contributed by atoms with Crippen molar-refractivity contribution in [2.45, 2.75) is 270 Å².